The Hall–Kier alpha value is -2.04. The monoisotopic (exact) mass is 317 g/mol. The van der Waals surface area contributed by atoms with Gasteiger partial charge in [-0.25, -0.2) is 9.18 Å². The zero-order valence-corrected chi connectivity index (χ0v) is 13.8. The van der Waals surface area contributed by atoms with Gasteiger partial charge in [-0.2, -0.15) is 0 Å². The largest absolute Gasteiger partial charge is 0.357 e. The number of aromatic nitrogens is 1. The standard InChI is InChI=1S/C18H24FN3O/c1-12(2)15-10-17-13(9-16(15)19)8-14(21-17)11-20-18(23)22-6-4-3-5-7-22/h8-10,12,21H,3-7,11H2,1-2H3,(H,20,23). The first-order chi connectivity index (χ1) is 11.0. The highest BCUT2D eigenvalue weighted by Crippen LogP contribution is 2.25. The average molecular weight is 317 g/mol. The summed E-state index contributed by atoms with van der Waals surface area (Å²) in [6, 6.07) is 5.32. The summed E-state index contributed by atoms with van der Waals surface area (Å²) in [6.07, 6.45) is 3.36. The lowest BCUT2D eigenvalue weighted by Gasteiger charge is -2.26. The minimum absolute atomic E-state index is 0.0163. The SMILES string of the molecule is CC(C)c1cc2[nH]c(CNC(=O)N3CCCCC3)cc2cc1F. The van der Waals surface area contributed by atoms with Gasteiger partial charge in [0.2, 0.25) is 0 Å². The number of likely N-dealkylation sites (tertiary alicyclic amines) is 1. The van der Waals surface area contributed by atoms with Crippen LogP contribution in [-0.4, -0.2) is 29.0 Å². The molecule has 1 aromatic heterocycles. The number of nitrogens with zero attached hydrogens (tertiary/aromatic N) is 1. The summed E-state index contributed by atoms with van der Waals surface area (Å²) in [5.74, 6) is -0.0274. The Balaban J connectivity index is 1.69. The summed E-state index contributed by atoms with van der Waals surface area (Å²) in [5.41, 5.74) is 2.52. The Morgan fingerprint density at radius 1 is 1.26 bits per heavy atom. The third-order valence-corrected chi connectivity index (χ3v) is 4.49. The van der Waals surface area contributed by atoms with Crippen molar-refractivity contribution in [1.29, 1.82) is 0 Å². The summed E-state index contributed by atoms with van der Waals surface area (Å²) in [5, 5.41) is 3.79. The number of halogens is 1. The van der Waals surface area contributed by atoms with Gasteiger partial charge < -0.3 is 15.2 Å². The Morgan fingerprint density at radius 3 is 2.70 bits per heavy atom. The molecule has 0 aliphatic carbocycles. The molecule has 0 bridgehead atoms. The van der Waals surface area contributed by atoms with Crippen LogP contribution in [0.5, 0.6) is 0 Å². The van der Waals surface area contributed by atoms with Crippen LogP contribution in [0.25, 0.3) is 10.9 Å². The molecule has 124 valence electrons. The molecule has 5 heteroatoms. The van der Waals surface area contributed by atoms with Gasteiger partial charge in [0.25, 0.3) is 0 Å². The molecule has 1 fully saturated rings. The number of urea groups is 1. The number of nitrogens with one attached hydrogen (secondary N) is 2. The number of rotatable bonds is 3. The van der Waals surface area contributed by atoms with Gasteiger partial charge in [-0.05, 0) is 48.9 Å². The van der Waals surface area contributed by atoms with E-state index in [0.29, 0.717) is 12.1 Å². The second kappa shape index (κ2) is 6.60. The quantitative estimate of drug-likeness (QED) is 0.878. The van der Waals surface area contributed by atoms with Crippen molar-refractivity contribution in [2.45, 2.75) is 45.6 Å². The van der Waals surface area contributed by atoms with Crippen LogP contribution in [0.15, 0.2) is 18.2 Å². The van der Waals surface area contributed by atoms with E-state index in [1.807, 2.05) is 30.9 Å². The summed E-state index contributed by atoms with van der Waals surface area (Å²) >= 11 is 0. The molecule has 0 radical (unpaired) electrons. The molecule has 2 heterocycles. The van der Waals surface area contributed by atoms with Crippen LogP contribution in [-0.2, 0) is 6.54 Å². The van der Waals surface area contributed by atoms with Crippen molar-refractivity contribution in [2.75, 3.05) is 13.1 Å². The maximum Gasteiger partial charge on any atom is 0.317 e. The van der Waals surface area contributed by atoms with Crippen molar-refractivity contribution >= 4 is 16.9 Å². The van der Waals surface area contributed by atoms with Crippen LogP contribution >= 0.6 is 0 Å². The summed E-state index contributed by atoms with van der Waals surface area (Å²) in [6.45, 7) is 6.06. The molecule has 2 amide bonds. The molecule has 0 spiro atoms. The maximum atomic E-state index is 14.0. The molecule has 2 N–H and O–H groups in total. The maximum absolute atomic E-state index is 14.0. The number of hydrogen-bond donors (Lipinski definition) is 2. The van der Waals surface area contributed by atoms with Gasteiger partial charge in [0.05, 0.1) is 6.54 Å². The first-order valence-electron chi connectivity index (χ1n) is 8.38. The molecule has 3 rings (SSSR count). The Kier molecular flexibility index (Phi) is 4.55. The molecule has 2 aromatic rings. The second-order valence-electron chi connectivity index (χ2n) is 6.62. The molecular formula is C18H24FN3O. The molecule has 1 aromatic carbocycles. The van der Waals surface area contributed by atoms with E-state index in [1.165, 1.54) is 6.42 Å². The summed E-state index contributed by atoms with van der Waals surface area (Å²) in [7, 11) is 0. The molecule has 23 heavy (non-hydrogen) atoms. The van der Waals surface area contributed by atoms with Gasteiger partial charge in [-0.3, -0.25) is 0 Å². The van der Waals surface area contributed by atoms with E-state index in [1.54, 1.807) is 6.07 Å². The number of carbonyl (C=O) groups excluding carboxylic acids is 1. The number of amides is 2. The van der Waals surface area contributed by atoms with Gasteiger partial charge in [0, 0.05) is 29.7 Å². The molecule has 0 saturated carbocycles. The van der Waals surface area contributed by atoms with Crippen molar-refractivity contribution in [1.82, 2.24) is 15.2 Å². The molecule has 4 nitrogen and oxygen atoms in total. The van der Waals surface area contributed by atoms with E-state index in [-0.39, 0.29) is 17.8 Å². The Labute approximate surface area is 136 Å². The van der Waals surface area contributed by atoms with Crippen LogP contribution < -0.4 is 5.32 Å². The van der Waals surface area contributed by atoms with Crippen LogP contribution in [0.2, 0.25) is 0 Å². The van der Waals surface area contributed by atoms with Crippen LogP contribution in [0.1, 0.15) is 50.3 Å². The van der Waals surface area contributed by atoms with E-state index < -0.39 is 0 Å². The summed E-state index contributed by atoms with van der Waals surface area (Å²) < 4.78 is 14.0. The lowest BCUT2D eigenvalue weighted by atomic mass is 10.0. The van der Waals surface area contributed by atoms with Crippen molar-refractivity contribution < 1.29 is 9.18 Å². The predicted molar refractivity (Wildman–Crippen MR) is 90.0 cm³/mol. The number of carbonyl (C=O) groups is 1. The molecular weight excluding hydrogens is 293 g/mol. The van der Waals surface area contributed by atoms with Crippen LogP contribution in [0.3, 0.4) is 0 Å². The minimum atomic E-state index is -0.171. The Morgan fingerprint density at radius 2 is 2.00 bits per heavy atom. The number of piperidine rings is 1. The highest BCUT2D eigenvalue weighted by molar-refractivity contribution is 5.81. The van der Waals surface area contributed by atoms with Gasteiger partial charge in [-0.1, -0.05) is 13.8 Å². The highest BCUT2D eigenvalue weighted by atomic mass is 19.1. The van der Waals surface area contributed by atoms with Crippen molar-refractivity contribution in [2.24, 2.45) is 0 Å². The molecule has 0 atom stereocenters. The third kappa shape index (κ3) is 3.49. The first-order valence-corrected chi connectivity index (χ1v) is 8.38. The lowest BCUT2D eigenvalue weighted by Crippen LogP contribution is -2.42. The fourth-order valence-electron chi connectivity index (χ4n) is 3.15. The van der Waals surface area contributed by atoms with Crippen molar-refractivity contribution in [3.63, 3.8) is 0 Å². The van der Waals surface area contributed by atoms with Crippen LogP contribution in [0.4, 0.5) is 9.18 Å². The molecule has 1 aliphatic heterocycles. The fraction of sp³-hybridized carbons (Fsp3) is 0.500. The van der Waals surface area contributed by atoms with E-state index >= 15 is 0 Å². The summed E-state index contributed by atoms with van der Waals surface area (Å²) in [4.78, 5) is 17.3. The molecule has 1 aliphatic rings. The number of H-pyrrole nitrogens is 1. The molecule has 0 unspecified atom stereocenters. The normalized spacial score (nSPS) is 15.4. The lowest BCUT2D eigenvalue weighted by molar-refractivity contribution is 0.186. The van der Waals surface area contributed by atoms with E-state index in [0.717, 1.165) is 42.5 Å². The van der Waals surface area contributed by atoms with Crippen molar-refractivity contribution in [3.8, 4) is 0 Å². The number of benzene rings is 1. The minimum Gasteiger partial charge on any atom is -0.357 e. The van der Waals surface area contributed by atoms with Crippen LogP contribution in [0, 0.1) is 5.82 Å². The van der Waals surface area contributed by atoms with Gasteiger partial charge in [-0.15, -0.1) is 0 Å². The van der Waals surface area contributed by atoms with Gasteiger partial charge in [0.1, 0.15) is 5.82 Å². The van der Waals surface area contributed by atoms with E-state index in [2.05, 4.69) is 10.3 Å². The highest BCUT2D eigenvalue weighted by Gasteiger charge is 2.16. The number of hydrogen-bond acceptors (Lipinski definition) is 1. The second-order valence-corrected chi connectivity index (χ2v) is 6.62. The zero-order valence-electron chi connectivity index (χ0n) is 13.8. The topological polar surface area (TPSA) is 48.1 Å². The number of fused-ring (bicyclic) bond motifs is 1. The van der Waals surface area contributed by atoms with E-state index in [9.17, 15) is 9.18 Å². The number of aromatic amines is 1. The fourth-order valence-corrected chi connectivity index (χ4v) is 3.15. The predicted octanol–water partition coefficient (Wildman–Crippen LogP) is 4.13. The van der Waals surface area contributed by atoms with Gasteiger partial charge >= 0.3 is 6.03 Å². The first kappa shape index (κ1) is 15.8. The zero-order chi connectivity index (χ0) is 16.4. The average Bonchev–Trinajstić information content (AvgIpc) is 2.94. The van der Waals surface area contributed by atoms with E-state index in [4.69, 9.17) is 0 Å². The third-order valence-electron chi connectivity index (χ3n) is 4.49. The van der Waals surface area contributed by atoms with Crippen molar-refractivity contribution in [3.05, 3.63) is 35.3 Å². The smallest absolute Gasteiger partial charge is 0.317 e. The molecule has 1 saturated heterocycles. The van der Waals surface area contributed by atoms with Gasteiger partial charge in [0.15, 0.2) is 0 Å². The Bertz CT molecular complexity index is 702.